The summed E-state index contributed by atoms with van der Waals surface area (Å²) in [6, 6.07) is 41.6. The van der Waals surface area contributed by atoms with Crippen LogP contribution in [0.5, 0.6) is 0 Å². The maximum absolute atomic E-state index is 5.15. The number of aromatic nitrogens is 4. The van der Waals surface area contributed by atoms with Crippen LogP contribution in [-0.2, 0) is 6.42 Å². The maximum atomic E-state index is 5.15. The Morgan fingerprint density at radius 1 is 0.561 bits per heavy atom. The monoisotopic (exact) mass is 522 g/mol. The average molecular weight is 523 g/mol. The summed E-state index contributed by atoms with van der Waals surface area (Å²) >= 11 is 0. The van der Waals surface area contributed by atoms with Gasteiger partial charge in [0.1, 0.15) is 11.3 Å². The Balaban J connectivity index is 1.47. The molecular weight excluding hydrogens is 500 g/mol. The van der Waals surface area contributed by atoms with Crippen molar-refractivity contribution in [3.8, 4) is 16.8 Å². The zero-order chi connectivity index (χ0) is 26.7. The van der Waals surface area contributed by atoms with Gasteiger partial charge in [0.25, 0.3) is 0 Å². The van der Waals surface area contributed by atoms with Gasteiger partial charge >= 0.3 is 0 Å². The third-order valence-electron chi connectivity index (χ3n) is 8.93. The molecule has 190 valence electrons. The Labute approximate surface area is 234 Å². The second-order valence-corrected chi connectivity index (χ2v) is 11.0. The van der Waals surface area contributed by atoms with Gasteiger partial charge in [-0.3, -0.25) is 4.40 Å². The molecule has 0 N–H and O–H groups in total. The van der Waals surface area contributed by atoms with Crippen molar-refractivity contribution < 1.29 is 0 Å². The lowest BCUT2D eigenvalue weighted by Gasteiger charge is -2.12. The van der Waals surface area contributed by atoms with Gasteiger partial charge in [-0.05, 0) is 77.0 Å². The number of imidazole rings is 1. The number of fused-ring (bicyclic) bond motifs is 15. The lowest BCUT2D eigenvalue weighted by Crippen LogP contribution is -1.96. The van der Waals surface area contributed by atoms with Gasteiger partial charge in [0, 0.05) is 39.0 Å². The molecule has 0 saturated heterocycles. The van der Waals surface area contributed by atoms with Gasteiger partial charge in [-0.1, -0.05) is 66.7 Å². The molecule has 4 aromatic heterocycles. The van der Waals surface area contributed by atoms with Crippen molar-refractivity contribution in [2.24, 2.45) is 0 Å². The highest BCUT2D eigenvalue weighted by Gasteiger charge is 2.26. The lowest BCUT2D eigenvalue weighted by molar-refractivity contribution is 1.18. The SMILES string of the molecule is c1ccc(-n2c3cc4c5cccnc5n5c6ccccc6nc5c4cc3c3ccc4c(c32)-c2ccccc2C4)cc1. The van der Waals surface area contributed by atoms with Crippen LogP contribution in [0, 0.1) is 0 Å². The van der Waals surface area contributed by atoms with E-state index < -0.39 is 0 Å². The van der Waals surface area contributed by atoms with Crippen molar-refractivity contribution in [2.75, 3.05) is 0 Å². The number of benzene rings is 5. The first-order valence-corrected chi connectivity index (χ1v) is 14.1. The Hall–Kier alpha value is -5.48. The van der Waals surface area contributed by atoms with Crippen molar-refractivity contribution in [1.82, 2.24) is 18.9 Å². The molecule has 1 aliphatic rings. The number of pyridine rings is 2. The van der Waals surface area contributed by atoms with Gasteiger partial charge in [0.15, 0.2) is 0 Å². The van der Waals surface area contributed by atoms with Crippen LogP contribution < -0.4 is 0 Å². The van der Waals surface area contributed by atoms with Gasteiger partial charge in [0.2, 0.25) is 0 Å². The molecule has 4 nitrogen and oxygen atoms in total. The fourth-order valence-corrected chi connectivity index (χ4v) is 7.22. The van der Waals surface area contributed by atoms with E-state index in [4.69, 9.17) is 9.97 Å². The minimum absolute atomic E-state index is 0.931. The summed E-state index contributed by atoms with van der Waals surface area (Å²) < 4.78 is 4.70. The van der Waals surface area contributed by atoms with Crippen molar-refractivity contribution in [3.05, 3.63) is 133 Å². The summed E-state index contributed by atoms with van der Waals surface area (Å²) in [5.41, 5.74) is 13.1. The molecule has 0 atom stereocenters. The van der Waals surface area contributed by atoms with E-state index in [0.717, 1.165) is 39.5 Å². The molecule has 0 fully saturated rings. The molecule has 9 aromatic rings. The van der Waals surface area contributed by atoms with E-state index in [-0.39, 0.29) is 0 Å². The molecule has 0 aliphatic heterocycles. The molecule has 4 heteroatoms. The van der Waals surface area contributed by atoms with Gasteiger partial charge in [-0.25, -0.2) is 9.97 Å². The third kappa shape index (κ3) is 2.69. The number of para-hydroxylation sites is 3. The highest BCUT2D eigenvalue weighted by Crippen LogP contribution is 2.46. The first-order valence-electron chi connectivity index (χ1n) is 14.1. The van der Waals surface area contributed by atoms with Gasteiger partial charge in [-0.15, -0.1) is 0 Å². The molecule has 10 rings (SSSR count). The molecule has 1 aliphatic carbocycles. The predicted molar refractivity (Wildman–Crippen MR) is 168 cm³/mol. The number of rotatable bonds is 1. The number of hydrogen-bond acceptors (Lipinski definition) is 2. The Morgan fingerprint density at radius 3 is 2.37 bits per heavy atom. The van der Waals surface area contributed by atoms with E-state index in [1.165, 1.54) is 55.1 Å². The minimum Gasteiger partial charge on any atom is -0.309 e. The molecule has 0 radical (unpaired) electrons. The van der Waals surface area contributed by atoms with Crippen LogP contribution in [0.15, 0.2) is 121 Å². The zero-order valence-corrected chi connectivity index (χ0v) is 22.0. The third-order valence-corrected chi connectivity index (χ3v) is 8.93. The minimum atomic E-state index is 0.931. The van der Waals surface area contributed by atoms with Gasteiger partial charge < -0.3 is 4.57 Å². The van der Waals surface area contributed by atoms with Crippen LogP contribution in [0.25, 0.3) is 77.1 Å². The molecular formula is C37H22N4. The quantitative estimate of drug-likeness (QED) is 0.202. The summed E-state index contributed by atoms with van der Waals surface area (Å²) in [5.74, 6) is 0. The molecule has 5 aromatic carbocycles. The summed E-state index contributed by atoms with van der Waals surface area (Å²) in [4.78, 5) is 10.0. The predicted octanol–water partition coefficient (Wildman–Crippen LogP) is 8.86. The summed E-state index contributed by atoms with van der Waals surface area (Å²) in [5, 5.41) is 5.94. The zero-order valence-electron chi connectivity index (χ0n) is 22.0. The van der Waals surface area contributed by atoms with Gasteiger partial charge in [0.05, 0.1) is 22.1 Å². The standard InChI is InChI=1S/C37H22N4/c1-2-10-24(11-3-1)40-33-21-28-27-13-8-18-38-36(27)41-32-15-7-6-14-31(32)39-37(41)30(28)20-29(33)26-17-16-23-19-22-9-4-5-12-25(22)34(23)35(26)40/h1-18,20-21H,19H2. The second kappa shape index (κ2) is 7.58. The van der Waals surface area contributed by atoms with Gasteiger partial charge in [-0.2, -0.15) is 0 Å². The van der Waals surface area contributed by atoms with E-state index >= 15 is 0 Å². The summed E-state index contributed by atoms with van der Waals surface area (Å²) in [6.45, 7) is 0. The molecule has 0 bridgehead atoms. The Bertz CT molecular complexity index is 2550. The normalized spacial score (nSPS) is 12.8. The molecule has 0 unspecified atom stereocenters. The second-order valence-electron chi connectivity index (χ2n) is 11.0. The van der Waals surface area contributed by atoms with Crippen LogP contribution in [-0.4, -0.2) is 18.9 Å². The molecule has 41 heavy (non-hydrogen) atoms. The fourth-order valence-electron chi connectivity index (χ4n) is 7.22. The van der Waals surface area contributed by atoms with Crippen molar-refractivity contribution in [2.45, 2.75) is 6.42 Å². The lowest BCUT2D eigenvalue weighted by atomic mass is 10.0. The van der Waals surface area contributed by atoms with Crippen molar-refractivity contribution >= 4 is 60.3 Å². The summed E-state index contributed by atoms with van der Waals surface area (Å²) in [7, 11) is 0. The molecule has 4 heterocycles. The highest BCUT2D eigenvalue weighted by molar-refractivity contribution is 6.23. The molecule has 0 saturated carbocycles. The average Bonchev–Trinajstić information content (AvgIpc) is 3.70. The molecule has 0 spiro atoms. The van der Waals surface area contributed by atoms with Crippen LogP contribution in [0.1, 0.15) is 11.1 Å². The number of hydrogen-bond donors (Lipinski definition) is 0. The van der Waals surface area contributed by atoms with Crippen molar-refractivity contribution in [1.29, 1.82) is 0 Å². The van der Waals surface area contributed by atoms with E-state index in [9.17, 15) is 0 Å². The largest absolute Gasteiger partial charge is 0.309 e. The van der Waals surface area contributed by atoms with Crippen molar-refractivity contribution in [3.63, 3.8) is 0 Å². The van der Waals surface area contributed by atoms with Crippen LogP contribution in [0.2, 0.25) is 0 Å². The fraction of sp³-hybridized carbons (Fsp3) is 0.0270. The van der Waals surface area contributed by atoms with E-state index in [0.29, 0.717) is 0 Å². The van der Waals surface area contributed by atoms with Crippen LogP contribution in [0.4, 0.5) is 0 Å². The van der Waals surface area contributed by atoms with Crippen LogP contribution in [0.3, 0.4) is 0 Å². The highest BCUT2D eigenvalue weighted by atomic mass is 15.1. The molecule has 0 amide bonds. The Kier molecular flexibility index (Phi) is 3.95. The first-order chi connectivity index (χ1) is 20.3. The topological polar surface area (TPSA) is 35.1 Å². The maximum Gasteiger partial charge on any atom is 0.147 e. The first kappa shape index (κ1) is 21.4. The van der Waals surface area contributed by atoms with E-state index in [2.05, 4.69) is 118 Å². The smallest absolute Gasteiger partial charge is 0.147 e. The Morgan fingerprint density at radius 2 is 1.41 bits per heavy atom. The number of nitrogens with zero attached hydrogens (tertiary/aromatic N) is 4. The van der Waals surface area contributed by atoms with Crippen LogP contribution >= 0.6 is 0 Å². The van der Waals surface area contributed by atoms with E-state index in [1.54, 1.807) is 0 Å². The van der Waals surface area contributed by atoms with E-state index in [1.807, 2.05) is 12.3 Å². The summed E-state index contributed by atoms with van der Waals surface area (Å²) in [6.07, 6.45) is 2.85.